The first-order valence-electron chi connectivity index (χ1n) is 7.08. The summed E-state index contributed by atoms with van der Waals surface area (Å²) < 4.78 is 27.6. The second-order valence-corrected chi connectivity index (χ2v) is 5.21. The van der Waals surface area contributed by atoms with Gasteiger partial charge in [0.15, 0.2) is 5.96 Å². The molecule has 3 aromatic rings. The van der Waals surface area contributed by atoms with E-state index < -0.39 is 17.5 Å². The summed E-state index contributed by atoms with van der Waals surface area (Å²) in [7, 11) is 0. The van der Waals surface area contributed by atoms with Gasteiger partial charge in [0.1, 0.15) is 11.6 Å². The highest BCUT2D eigenvalue weighted by atomic mass is 19.1. The maximum atomic E-state index is 14.1. The minimum absolute atomic E-state index is 0.118. The van der Waals surface area contributed by atoms with Gasteiger partial charge in [0.2, 0.25) is 0 Å². The second kappa shape index (κ2) is 6.08. The van der Waals surface area contributed by atoms with Gasteiger partial charge in [0, 0.05) is 11.1 Å². The number of hydrogen-bond donors (Lipinski definition) is 2. The molecule has 0 unspecified atom stereocenters. The standard InChI is InChI=1S/C18H13F2N3O/c19-12-6-7-16(20)15(9-12)13-3-1-2-10-4-5-11(8-14(10)13)17(24)23-18(21)22/h1-9H,(H4,21,22,23,24). The third-order valence-electron chi connectivity index (χ3n) is 3.58. The molecular weight excluding hydrogens is 312 g/mol. The van der Waals surface area contributed by atoms with Gasteiger partial charge in [0.05, 0.1) is 0 Å². The van der Waals surface area contributed by atoms with E-state index in [2.05, 4.69) is 4.99 Å². The summed E-state index contributed by atoms with van der Waals surface area (Å²) in [5.41, 5.74) is 11.3. The molecule has 0 radical (unpaired) electrons. The summed E-state index contributed by atoms with van der Waals surface area (Å²) in [5, 5.41) is 1.37. The monoisotopic (exact) mass is 325 g/mol. The van der Waals surface area contributed by atoms with E-state index in [1.807, 2.05) is 6.07 Å². The molecule has 0 aromatic heterocycles. The smallest absolute Gasteiger partial charge is 0.280 e. The number of hydrogen-bond acceptors (Lipinski definition) is 1. The Kier molecular flexibility index (Phi) is 3.95. The molecule has 120 valence electrons. The van der Waals surface area contributed by atoms with Crippen LogP contribution < -0.4 is 11.5 Å². The summed E-state index contributed by atoms with van der Waals surface area (Å²) in [5.74, 6) is -2.04. The van der Waals surface area contributed by atoms with Crippen molar-refractivity contribution in [1.82, 2.24) is 0 Å². The molecule has 3 rings (SSSR count). The van der Waals surface area contributed by atoms with E-state index in [-0.39, 0.29) is 17.1 Å². The van der Waals surface area contributed by atoms with E-state index in [9.17, 15) is 13.6 Å². The van der Waals surface area contributed by atoms with Gasteiger partial charge in [0.25, 0.3) is 5.91 Å². The summed E-state index contributed by atoms with van der Waals surface area (Å²) in [4.78, 5) is 15.5. The summed E-state index contributed by atoms with van der Waals surface area (Å²) in [6.45, 7) is 0. The molecule has 6 heteroatoms. The van der Waals surface area contributed by atoms with Crippen molar-refractivity contribution >= 4 is 22.6 Å². The number of nitrogens with two attached hydrogens (primary N) is 2. The summed E-state index contributed by atoms with van der Waals surface area (Å²) in [6, 6.07) is 13.3. The molecule has 0 bridgehead atoms. The molecule has 3 aromatic carbocycles. The van der Waals surface area contributed by atoms with Crippen molar-refractivity contribution in [3.05, 3.63) is 71.8 Å². The SMILES string of the molecule is NC(N)=NC(=O)c1ccc2cccc(-c3cc(F)ccc3F)c2c1. The molecule has 0 heterocycles. The molecule has 0 saturated heterocycles. The fourth-order valence-corrected chi connectivity index (χ4v) is 2.53. The second-order valence-electron chi connectivity index (χ2n) is 5.21. The number of carbonyl (C=O) groups is 1. The van der Waals surface area contributed by atoms with Crippen LogP contribution in [0.15, 0.2) is 59.6 Å². The van der Waals surface area contributed by atoms with Crippen LogP contribution in [0.3, 0.4) is 0 Å². The zero-order valence-electron chi connectivity index (χ0n) is 12.5. The summed E-state index contributed by atoms with van der Waals surface area (Å²) >= 11 is 0. The third kappa shape index (κ3) is 2.94. The molecule has 24 heavy (non-hydrogen) atoms. The van der Waals surface area contributed by atoms with E-state index in [1.165, 1.54) is 0 Å². The van der Waals surface area contributed by atoms with Gasteiger partial charge in [-0.25, -0.2) is 8.78 Å². The van der Waals surface area contributed by atoms with Crippen LogP contribution in [-0.2, 0) is 0 Å². The van der Waals surface area contributed by atoms with Crippen LogP contribution in [0.2, 0.25) is 0 Å². The first kappa shape index (κ1) is 15.6. The van der Waals surface area contributed by atoms with E-state index in [4.69, 9.17) is 11.5 Å². The average Bonchev–Trinajstić information content (AvgIpc) is 2.55. The predicted octanol–water partition coefficient (Wildman–Crippen LogP) is 3.20. The zero-order chi connectivity index (χ0) is 17.3. The minimum Gasteiger partial charge on any atom is -0.370 e. The van der Waals surface area contributed by atoms with E-state index >= 15 is 0 Å². The number of nitrogens with zero attached hydrogens (tertiary/aromatic N) is 1. The Morgan fingerprint density at radius 1 is 0.917 bits per heavy atom. The van der Waals surface area contributed by atoms with Crippen LogP contribution in [-0.4, -0.2) is 11.9 Å². The predicted molar refractivity (Wildman–Crippen MR) is 89.4 cm³/mol. The van der Waals surface area contributed by atoms with Crippen LogP contribution >= 0.6 is 0 Å². The lowest BCUT2D eigenvalue weighted by atomic mass is 9.96. The maximum absolute atomic E-state index is 14.1. The van der Waals surface area contributed by atoms with Crippen molar-refractivity contribution in [1.29, 1.82) is 0 Å². The number of fused-ring (bicyclic) bond motifs is 1. The molecule has 0 saturated carbocycles. The Labute approximate surface area is 136 Å². The van der Waals surface area contributed by atoms with Gasteiger partial charge in [-0.1, -0.05) is 24.3 Å². The highest BCUT2D eigenvalue weighted by molar-refractivity contribution is 6.06. The fraction of sp³-hybridized carbons (Fsp3) is 0. The van der Waals surface area contributed by atoms with Crippen molar-refractivity contribution in [2.24, 2.45) is 16.5 Å². The number of aliphatic imine (C=N–C) groups is 1. The molecule has 0 fully saturated rings. The van der Waals surface area contributed by atoms with E-state index in [1.54, 1.807) is 30.3 Å². The molecule has 4 N–H and O–H groups in total. The Bertz CT molecular complexity index is 979. The number of benzene rings is 3. The Morgan fingerprint density at radius 3 is 2.46 bits per heavy atom. The number of guanidine groups is 1. The number of amides is 1. The Morgan fingerprint density at radius 2 is 1.71 bits per heavy atom. The van der Waals surface area contributed by atoms with Crippen molar-refractivity contribution in [3.8, 4) is 11.1 Å². The van der Waals surface area contributed by atoms with Crippen molar-refractivity contribution < 1.29 is 13.6 Å². The Balaban J connectivity index is 2.24. The first-order chi connectivity index (χ1) is 11.5. The molecule has 0 atom stereocenters. The number of halogens is 2. The van der Waals surface area contributed by atoms with Crippen LogP contribution in [0, 0.1) is 11.6 Å². The minimum atomic E-state index is -0.605. The fourth-order valence-electron chi connectivity index (χ4n) is 2.53. The van der Waals surface area contributed by atoms with Crippen LogP contribution in [0.4, 0.5) is 8.78 Å². The topological polar surface area (TPSA) is 81.5 Å². The van der Waals surface area contributed by atoms with Gasteiger partial charge in [-0.2, -0.15) is 4.99 Å². The van der Waals surface area contributed by atoms with Gasteiger partial charge in [-0.05, 0) is 46.7 Å². The highest BCUT2D eigenvalue weighted by Gasteiger charge is 2.12. The highest BCUT2D eigenvalue weighted by Crippen LogP contribution is 2.31. The van der Waals surface area contributed by atoms with Gasteiger partial charge < -0.3 is 11.5 Å². The molecule has 1 amide bonds. The summed E-state index contributed by atoms with van der Waals surface area (Å²) in [6.07, 6.45) is 0. The maximum Gasteiger partial charge on any atom is 0.280 e. The normalized spacial score (nSPS) is 10.6. The van der Waals surface area contributed by atoms with E-state index in [0.29, 0.717) is 10.9 Å². The largest absolute Gasteiger partial charge is 0.370 e. The van der Waals surface area contributed by atoms with Gasteiger partial charge >= 0.3 is 0 Å². The quantitative estimate of drug-likeness (QED) is 0.561. The lowest BCUT2D eigenvalue weighted by molar-refractivity contribution is 0.100. The molecular formula is C18H13F2N3O. The van der Waals surface area contributed by atoms with Gasteiger partial charge in [-0.15, -0.1) is 0 Å². The van der Waals surface area contributed by atoms with E-state index in [0.717, 1.165) is 23.6 Å². The first-order valence-corrected chi connectivity index (χ1v) is 7.08. The van der Waals surface area contributed by atoms with Crippen LogP contribution in [0.5, 0.6) is 0 Å². The third-order valence-corrected chi connectivity index (χ3v) is 3.58. The zero-order valence-corrected chi connectivity index (χ0v) is 12.5. The van der Waals surface area contributed by atoms with Crippen LogP contribution in [0.25, 0.3) is 21.9 Å². The molecule has 0 aliphatic carbocycles. The molecule has 0 aliphatic rings. The molecule has 0 aliphatic heterocycles. The lowest BCUT2D eigenvalue weighted by Gasteiger charge is -2.09. The molecule has 0 spiro atoms. The Hall–Kier alpha value is -3.28. The van der Waals surface area contributed by atoms with Crippen molar-refractivity contribution in [2.45, 2.75) is 0 Å². The van der Waals surface area contributed by atoms with Gasteiger partial charge in [-0.3, -0.25) is 4.79 Å². The number of rotatable bonds is 2. The lowest BCUT2D eigenvalue weighted by Crippen LogP contribution is -2.24. The number of carbonyl (C=O) groups excluding carboxylic acids is 1. The molecule has 4 nitrogen and oxygen atoms in total. The average molecular weight is 325 g/mol. The van der Waals surface area contributed by atoms with Crippen molar-refractivity contribution in [3.63, 3.8) is 0 Å². The van der Waals surface area contributed by atoms with Crippen molar-refractivity contribution in [2.75, 3.05) is 0 Å². The van der Waals surface area contributed by atoms with Crippen LogP contribution in [0.1, 0.15) is 10.4 Å².